The van der Waals surface area contributed by atoms with Crippen LogP contribution in [0, 0.1) is 5.92 Å². The second-order valence-corrected chi connectivity index (χ2v) is 7.00. The number of nitrogens with zero attached hydrogens (tertiary/aromatic N) is 4. The molecule has 2 aliphatic rings. The molecule has 3 heterocycles. The molecule has 2 aromatic heterocycles. The maximum Gasteiger partial charge on any atom is 0.330 e. The molecule has 1 aliphatic carbocycles. The highest BCUT2D eigenvalue weighted by atomic mass is 16.5. The number of likely N-dealkylation sites (tertiary alicyclic amines) is 1. The van der Waals surface area contributed by atoms with Crippen molar-refractivity contribution >= 4 is 17.1 Å². The first-order valence-electron chi connectivity index (χ1n) is 9.04. The number of amides is 1. The van der Waals surface area contributed by atoms with Crippen LogP contribution in [0.3, 0.4) is 0 Å². The second-order valence-electron chi connectivity index (χ2n) is 7.00. The van der Waals surface area contributed by atoms with Gasteiger partial charge in [0, 0.05) is 32.3 Å². The van der Waals surface area contributed by atoms with Gasteiger partial charge in [0.2, 0.25) is 5.91 Å². The molecule has 1 amide bonds. The standard InChI is InChI=1S/C18H24N4O3/c1-25-11-10-21-15-6-3-8-19-16(15)22(18(21)24)14-7-9-20(12-14)17(23)13-4-2-5-13/h3,6,8,13-14H,2,4-5,7,9-12H2,1H3/t14-/m1/s1. The summed E-state index contributed by atoms with van der Waals surface area (Å²) in [5, 5.41) is 0. The van der Waals surface area contributed by atoms with Gasteiger partial charge in [-0.3, -0.25) is 13.9 Å². The second kappa shape index (κ2) is 6.63. The van der Waals surface area contributed by atoms with E-state index in [0.29, 0.717) is 25.3 Å². The molecule has 7 heteroatoms. The van der Waals surface area contributed by atoms with Crippen LogP contribution in [0.2, 0.25) is 0 Å². The van der Waals surface area contributed by atoms with Gasteiger partial charge in [-0.2, -0.15) is 0 Å². The summed E-state index contributed by atoms with van der Waals surface area (Å²) in [5.41, 5.74) is 1.47. The topological polar surface area (TPSA) is 69.4 Å². The number of fused-ring (bicyclic) bond motifs is 1. The van der Waals surface area contributed by atoms with Crippen LogP contribution in [-0.2, 0) is 16.1 Å². The van der Waals surface area contributed by atoms with Crippen molar-refractivity contribution in [1.29, 1.82) is 0 Å². The first kappa shape index (κ1) is 16.3. The Morgan fingerprint density at radius 1 is 1.36 bits per heavy atom. The Bertz CT molecular complexity index is 836. The predicted octanol–water partition coefficient (Wildman–Crippen LogP) is 1.42. The van der Waals surface area contributed by atoms with Gasteiger partial charge in [0.25, 0.3) is 0 Å². The van der Waals surface area contributed by atoms with E-state index in [4.69, 9.17) is 4.74 Å². The largest absolute Gasteiger partial charge is 0.383 e. The van der Waals surface area contributed by atoms with Crippen molar-refractivity contribution in [2.45, 2.75) is 38.3 Å². The number of carbonyl (C=O) groups excluding carboxylic acids is 1. The minimum absolute atomic E-state index is 0.00211. The molecule has 7 nitrogen and oxygen atoms in total. The Hall–Kier alpha value is -2.15. The maximum absolute atomic E-state index is 13.0. The molecule has 1 saturated carbocycles. The van der Waals surface area contributed by atoms with Crippen molar-refractivity contribution in [1.82, 2.24) is 19.0 Å². The summed E-state index contributed by atoms with van der Waals surface area (Å²) in [7, 11) is 1.63. The van der Waals surface area contributed by atoms with Crippen LogP contribution in [0.15, 0.2) is 23.1 Å². The Morgan fingerprint density at radius 2 is 2.20 bits per heavy atom. The minimum Gasteiger partial charge on any atom is -0.383 e. The normalized spacial score (nSPS) is 21.0. The van der Waals surface area contributed by atoms with E-state index in [2.05, 4.69) is 4.98 Å². The molecular formula is C18H24N4O3. The fourth-order valence-electron chi connectivity index (χ4n) is 3.90. The van der Waals surface area contributed by atoms with Gasteiger partial charge in [0.05, 0.1) is 24.7 Å². The SMILES string of the molecule is COCCn1c(=O)n([C@@H]2CCN(C(=O)C3CCC3)C2)c2ncccc21. The van der Waals surface area contributed by atoms with Gasteiger partial charge >= 0.3 is 5.69 Å². The van der Waals surface area contributed by atoms with E-state index in [0.717, 1.165) is 37.7 Å². The molecule has 0 radical (unpaired) electrons. The fourth-order valence-corrected chi connectivity index (χ4v) is 3.90. The number of pyridine rings is 1. The molecule has 0 N–H and O–H groups in total. The number of hydrogen-bond acceptors (Lipinski definition) is 4. The molecule has 25 heavy (non-hydrogen) atoms. The summed E-state index contributed by atoms with van der Waals surface area (Å²) in [4.78, 5) is 31.9. The molecular weight excluding hydrogens is 320 g/mol. The summed E-state index contributed by atoms with van der Waals surface area (Å²) in [5.74, 6) is 0.467. The number of ether oxygens (including phenoxy) is 1. The smallest absolute Gasteiger partial charge is 0.330 e. The Morgan fingerprint density at radius 3 is 2.92 bits per heavy atom. The van der Waals surface area contributed by atoms with Crippen LogP contribution in [0.5, 0.6) is 0 Å². The molecule has 0 aromatic carbocycles. The van der Waals surface area contributed by atoms with E-state index in [1.807, 2.05) is 17.0 Å². The molecule has 0 unspecified atom stereocenters. The van der Waals surface area contributed by atoms with Crippen molar-refractivity contribution < 1.29 is 9.53 Å². The third-order valence-electron chi connectivity index (χ3n) is 5.54. The van der Waals surface area contributed by atoms with Crippen LogP contribution in [0.25, 0.3) is 11.2 Å². The molecule has 2 fully saturated rings. The average molecular weight is 344 g/mol. The van der Waals surface area contributed by atoms with Crippen molar-refractivity contribution in [3.05, 3.63) is 28.8 Å². The first-order chi connectivity index (χ1) is 12.2. The number of hydrogen-bond donors (Lipinski definition) is 0. The van der Waals surface area contributed by atoms with E-state index in [1.165, 1.54) is 0 Å². The third-order valence-corrected chi connectivity index (χ3v) is 5.54. The quantitative estimate of drug-likeness (QED) is 0.822. The van der Waals surface area contributed by atoms with E-state index in [-0.39, 0.29) is 23.6 Å². The fraction of sp³-hybridized carbons (Fsp3) is 0.611. The molecule has 0 bridgehead atoms. The van der Waals surface area contributed by atoms with Crippen LogP contribution in [0.4, 0.5) is 0 Å². The van der Waals surface area contributed by atoms with Crippen LogP contribution < -0.4 is 5.69 Å². The summed E-state index contributed by atoms with van der Waals surface area (Å²) in [6.45, 7) is 2.31. The Labute approximate surface area is 146 Å². The molecule has 0 spiro atoms. The molecule has 2 aromatic rings. The molecule has 1 saturated heterocycles. The Kier molecular flexibility index (Phi) is 4.33. The highest BCUT2D eigenvalue weighted by Gasteiger charge is 2.35. The van der Waals surface area contributed by atoms with Gasteiger partial charge in [0.1, 0.15) is 0 Å². The highest BCUT2D eigenvalue weighted by molar-refractivity contribution is 5.80. The molecule has 1 atom stereocenters. The van der Waals surface area contributed by atoms with E-state index in [1.54, 1.807) is 22.4 Å². The van der Waals surface area contributed by atoms with E-state index < -0.39 is 0 Å². The van der Waals surface area contributed by atoms with E-state index >= 15 is 0 Å². The first-order valence-corrected chi connectivity index (χ1v) is 9.04. The van der Waals surface area contributed by atoms with Crippen molar-refractivity contribution in [3.63, 3.8) is 0 Å². The third kappa shape index (κ3) is 2.76. The zero-order valence-electron chi connectivity index (χ0n) is 14.6. The van der Waals surface area contributed by atoms with Crippen molar-refractivity contribution in [2.24, 2.45) is 5.92 Å². The zero-order valence-corrected chi connectivity index (χ0v) is 14.6. The summed E-state index contributed by atoms with van der Waals surface area (Å²) in [6.07, 6.45) is 5.70. The molecule has 134 valence electrons. The highest BCUT2D eigenvalue weighted by Crippen LogP contribution is 2.31. The lowest BCUT2D eigenvalue weighted by atomic mass is 9.84. The summed E-state index contributed by atoms with van der Waals surface area (Å²) >= 11 is 0. The van der Waals surface area contributed by atoms with Gasteiger partial charge in [-0.05, 0) is 31.4 Å². The lowest BCUT2D eigenvalue weighted by Crippen LogP contribution is -2.38. The van der Waals surface area contributed by atoms with Crippen LogP contribution in [-0.4, -0.2) is 51.7 Å². The van der Waals surface area contributed by atoms with Gasteiger partial charge in [-0.1, -0.05) is 6.42 Å². The number of carbonyl (C=O) groups is 1. The van der Waals surface area contributed by atoms with Gasteiger partial charge in [-0.25, -0.2) is 9.78 Å². The average Bonchev–Trinajstić information content (AvgIpc) is 3.14. The zero-order chi connectivity index (χ0) is 17.4. The number of methoxy groups -OCH3 is 1. The summed E-state index contributed by atoms with van der Waals surface area (Å²) < 4.78 is 8.64. The number of imidazole rings is 1. The molecule has 4 rings (SSSR count). The number of rotatable bonds is 5. The Balaban J connectivity index is 1.64. The van der Waals surface area contributed by atoms with Crippen molar-refractivity contribution in [3.8, 4) is 0 Å². The lowest BCUT2D eigenvalue weighted by Gasteiger charge is -2.29. The van der Waals surface area contributed by atoms with Crippen LogP contribution >= 0.6 is 0 Å². The van der Waals surface area contributed by atoms with E-state index in [9.17, 15) is 9.59 Å². The lowest BCUT2D eigenvalue weighted by molar-refractivity contribution is -0.137. The molecule has 1 aliphatic heterocycles. The number of aromatic nitrogens is 3. The predicted molar refractivity (Wildman–Crippen MR) is 93.4 cm³/mol. The maximum atomic E-state index is 13.0. The van der Waals surface area contributed by atoms with Gasteiger partial charge in [-0.15, -0.1) is 0 Å². The van der Waals surface area contributed by atoms with Crippen molar-refractivity contribution in [2.75, 3.05) is 26.8 Å². The van der Waals surface area contributed by atoms with Gasteiger partial charge < -0.3 is 9.64 Å². The van der Waals surface area contributed by atoms with Crippen LogP contribution in [0.1, 0.15) is 31.7 Å². The summed E-state index contributed by atoms with van der Waals surface area (Å²) in [6, 6.07) is 3.76. The minimum atomic E-state index is -0.0614. The monoisotopic (exact) mass is 344 g/mol. The van der Waals surface area contributed by atoms with Gasteiger partial charge in [0.15, 0.2) is 5.65 Å².